The van der Waals surface area contributed by atoms with Crippen molar-refractivity contribution in [1.29, 1.82) is 0 Å². The molecule has 8 nitrogen and oxygen atoms in total. The molecule has 2 aromatic rings. The Morgan fingerprint density at radius 1 is 1.28 bits per heavy atom. The summed E-state index contributed by atoms with van der Waals surface area (Å²) in [6, 6.07) is 5.39. The van der Waals surface area contributed by atoms with E-state index in [2.05, 4.69) is 26.2 Å². The lowest BCUT2D eigenvalue weighted by atomic mass is 10.1. The van der Waals surface area contributed by atoms with Crippen LogP contribution in [0.1, 0.15) is 30.9 Å². The molecule has 2 N–H and O–H groups in total. The second-order valence-electron chi connectivity index (χ2n) is 5.54. The monoisotopic (exact) mass is 362 g/mol. The number of benzene rings is 1. The van der Waals surface area contributed by atoms with Gasteiger partial charge in [-0.05, 0) is 47.9 Å². The van der Waals surface area contributed by atoms with Crippen LogP contribution < -0.4 is 10.6 Å². The third-order valence-electron chi connectivity index (χ3n) is 3.65. The zero-order valence-electron chi connectivity index (χ0n) is 14.6. The van der Waals surface area contributed by atoms with Crippen molar-refractivity contribution in [1.82, 2.24) is 30.8 Å². The first-order chi connectivity index (χ1) is 12.0. The van der Waals surface area contributed by atoms with Crippen molar-refractivity contribution in [2.45, 2.75) is 38.8 Å². The molecule has 0 aliphatic heterocycles. The van der Waals surface area contributed by atoms with Crippen molar-refractivity contribution in [2.24, 2.45) is 0 Å². The van der Waals surface area contributed by atoms with Gasteiger partial charge in [-0.15, -0.1) is 5.10 Å². The molecule has 0 aliphatic rings. The van der Waals surface area contributed by atoms with Crippen molar-refractivity contribution in [2.75, 3.05) is 12.3 Å². The number of urea groups is 1. The van der Waals surface area contributed by atoms with E-state index in [0.717, 1.165) is 29.7 Å². The lowest BCUT2D eigenvalue weighted by Gasteiger charge is -2.09. The fourth-order valence-electron chi connectivity index (χ4n) is 2.10. The molecule has 1 aromatic carbocycles. The van der Waals surface area contributed by atoms with Crippen LogP contribution in [-0.2, 0) is 4.79 Å². The molecule has 0 bridgehead atoms. The number of imide groups is 1. The van der Waals surface area contributed by atoms with Crippen molar-refractivity contribution >= 4 is 23.7 Å². The summed E-state index contributed by atoms with van der Waals surface area (Å²) < 4.78 is 1.60. The number of carbonyl (C=O) groups is 2. The zero-order valence-corrected chi connectivity index (χ0v) is 15.4. The first kappa shape index (κ1) is 18.9. The fraction of sp³-hybridized carbons (Fsp3) is 0.438. The quantitative estimate of drug-likeness (QED) is 0.577. The Balaban J connectivity index is 1.94. The summed E-state index contributed by atoms with van der Waals surface area (Å²) in [7, 11) is 0. The topological polar surface area (TPSA) is 102 Å². The molecule has 0 atom stereocenters. The van der Waals surface area contributed by atoms with E-state index in [-0.39, 0.29) is 5.75 Å². The van der Waals surface area contributed by atoms with Crippen LogP contribution in [-0.4, -0.2) is 44.4 Å². The number of hydrogen-bond donors (Lipinski definition) is 2. The molecule has 0 fully saturated rings. The predicted octanol–water partition coefficient (Wildman–Crippen LogP) is 2.00. The Hall–Kier alpha value is -2.42. The van der Waals surface area contributed by atoms with Crippen LogP contribution in [0.25, 0.3) is 5.69 Å². The van der Waals surface area contributed by atoms with Crippen molar-refractivity contribution in [3.8, 4) is 5.69 Å². The maximum atomic E-state index is 11.9. The van der Waals surface area contributed by atoms with Crippen LogP contribution in [0.5, 0.6) is 0 Å². The number of carbonyl (C=O) groups excluding carboxylic acids is 2. The fourth-order valence-corrected chi connectivity index (χ4v) is 2.78. The molecule has 2 rings (SSSR count). The number of nitrogens with zero attached hydrogens (tertiary/aromatic N) is 4. The van der Waals surface area contributed by atoms with Gasteiger partial charge < -0.3 is 5.32 Å². The van der Waals surface area contributed by atoms with Gasteiger partial charge in [0.05, 0.1) is 11.4 Å². The minimum absolute atomic E-state index is 0.0481. The number of rotatable bonds is 7. The normalized spacial score (nSPS) is 10.5. The summed E-state index contributed by atoms with van der Waals surface area (Å²) in [5.41, 5.74) is 3.06. The van der Waals surface area contributed by atoms with E-state index in [1.165, 1.54) is 11.8 Å². The van der Waals surface area contributed by atoms with Crippen LogP contribution in [0.15, 0.2) is 23.4 Å². The zero-order chi connectivity index (χ0) is 18.2. The summed E-state index contributed by atoms with van der Waals surface area (Å²) in [5, 5.41) is 17.1. The molecular weight excluding hydrogens is 340 g/mol. The largest absolute Gasteiger partial charge is 0.338 e. The molecule has 25 heavy (non-hydrogen) atoms. The van der Waals surface area contributed by atoms with E-state index in [0.29, 0.717) is 11.7 Å². The molecule has 1 heterocycles. The highest BCUT2D eigenvalue weighted by Gasteiger charge is 2.14. The number of tetrazole rings is 1. The predicted molar refractivity (Wildman–Crippen MR) is 95.8 cm³/mol. The van der Waals surface area contributed by atoms with Crippen LogP contribution in [0.2, 0.25) is 0 Å². The van der Waals surface area contributed by atoms with Crippen molar-refractivity contribution in [3.63, 3.8) is 0 Å². The van der Waals surface area contributed by atoms with E-state index >= 15 is 0 Å². The molecule has 3 amide bonds. The molecule has 0 aliphatic carbocycles. The Morgan fingerprint density at radius 3 is 2.84 bits per heavy atom. The van der Waals surface area contributed by atoms with Gasteiger partial charge in [0.25, 0.3) is 0 Å². The van der Waals surface area contributed by atoms with Gasteiger partial charge in [0.1, 0.15) is 0 Å². The smallest absolute Gasteiger partial charge is 0.321 e. The average molecular weight is 362 g/mol. The van der Waals surface area contributed by atoms with E-state index in [4.69, 9.17) is 0 Å². The van der Waals surface area contributed by atoms with E-state index in [1.54, 1.807) is 4.68 Å². The van der Waals surface area contributed by atoms with E-state index in [9.17, 15) is 9.59 Å². The molecule has 9 heteroatoms. The van der Waals surface area contributed by atoms with Gasteiger partial charge in [0.15, 0.2) is 0 Å². The Bertz CT molecular complexity index is 746. The third kappa shape index (κ3) is 5.28. The van der Waals surface area contributed by atoms with E-state index < -0.39 is 11.9 Å². The van der Waals surface area contributed by atoms with Gasteiger partial charge in [-0.1, -0.05) is 37.2 Å². The number of aryl methyl sites for hydroxylation is 1. The lowest BCUT2D eigenvalue weighted by Crippen LogP contribution is -2.40. The van der Waals surface area contributed by atoms with Crippen LogP contribution in [0, 0.1) is 13.8 Å². The van der Waals surface area contributed by atoms with Crippen molar-refractivity contribution in [3.05, 3.63) is 29.3 Å². The highest BCUT2D eigenvalue weighted by Crippen LogP contribution is 2.22. The number of nitrogens with one attached hydrogen (secondary N) is 2. The van der Waals surface area contributed by atoms with Gasteiger partial charge in [0, 0.05) is 6.54 Å². The Kier molecular flexibility index (Phi) is 6.93. The summed E-state index contributed by atoms with van der Waals surface area (Å²) in [6.45, 7) is 6.59. The maximum Gasteiger partial charge on any atom is 0.321 e. The molecule has 0 radical (unpaired) electrons. The van der Waals surface area contributed by atoms with Crippen molar-refractivity contribution < 1.29 is 9.59 Å². The third-order valence-corrected chi connectivity index (χ3v) is 4.57. The highest BCUT2D eigenvalue weighted by molar-refractivity contribution is 7.99. The molecule has 0 unspecified atom stereocenters. The first-order valence-corrected chi connectivity index (χ1v) is 9.07. The molecule has 0 saturated heterocycles. The Morgan fingerprint density at radius 2 is 2.08 bits per heavy atom. The maximum absolute atomic E-state index is 11.9. The highest BCUT2D eigenvalue weighted by atomic mass is 32.2. The standard InChI is InChI=1S/C16H22N6O2S/c1-4-5-9-17-15(24)18-14(23)10-25-16-19-20-21-22(16)13-8-6-7-11(2)12(13)3/h6-8H,4-5,9-10H2,1-3H3,(H2,17,18,23,24). The second kappa shape index (κ2) is 9.16. The molecule has 0 saturated carbocycles. The van der Waals surface area contributed by atoms with Gasteiger partial charge in [0.2, 0.25) is 11.1 Å². The minimum atomic E-state index is -0.479. The molecular formula is C16H22N6O2S. The number of aromatic nitrogens is 4. The van der Waals surface area contributed by atoms with Crippen LogP contribution >= 0.6 is 11.8 Å². The number of hydrogen-bond acceptors (Lipinski definition) is 6. The summed E-state index contributed by atoms with van der Waals surface area (Å²) in [4.78, 5) is 23.4. The van der Waals surface area contributed by atoms with Crippen LogP contribution in [0.3, 0.4) is 0 Å². The number of amides is 3. The summed E-state index contributed by atoms with van der Waals surface area (Å²) >= 11 is 1.18. The average Bonchev–Trinajstić information content (AvgIpc) is 3.04. The first-order valence-electron chi connectivity index (χ1n) is 8.08. The molecule has 0 spiro atoms. The summed E-state index contributed by atoms with van der Waals surface area (Å²) in [5.74, 6) is -0.346. The van der Waals surface area contributed by atoms with Gasteiger partial charge in [-0.2, -0.15) is 4.68 Å². The lowest BCUT2D eigenvalue weighted by molar-refractivity contribution is -0.117. The van der Waals surface area contributed by atoms with Crippen LogP contribution in [0.4, 0.5) is 4.79 Å². The number of thioether (sulfide) groups is 1. The minimum Gasteiger partial charge on any atom is -0.338 e. The Labute approximate surface area is 150 Å². The second-order valence-corrected chi connectivity index (χ2v) is 6.48. The van der Waals surface area contributed by atoms with Gasteiger partial charge >= 0.3 is 6.03 Å². The van der Waals surface area contributed by atoms with E-state index in [1.807, 2.05) is 39.0 Å². The SMILES string of the molecule is CCCCNC(=O)NC(=O)CSc1nnnn1-c1cccc(C)c1C. The number of unbranched alkanes of at least 4 members (excludes halogenated alkanes) is 1. The van der Waals surface area contributed by atoms with Gasteiger partial charge in [-0.25, -0.2) is 4.79 Å². The molecule has 1 aromatic heterocycles. The molecule has 134 valence electrons. The summed E-state index contributed by atoms with van der Waals surface area (Å²) in [6.07, 6.45) is 1.85. The van der Waals surface area contributed by atoms with Gasteiger partial charge in [-0.3, -0.25) is 10.1 Å².